The second-order valence-electron chi connectivity index (χ2n) is 3.82. The Morgan fingerprint density at radius 3 is 2.53 bits per heavy atom. The van der Waals surface area contributed by atoms with Gasteiger partial charge in [0, 0.05) is 23.1 Å². The number of alkyl halides is 3. The summed E-state index contributed by atoms with van der Waals surface area (Å²) in [5.74, 6) is 0.500. The third-order valence-corrected chi connectivity index (χ3v) is 2.56. The van der Waals surface area contributed by atoms with Crippen LogP contribution in [0.15, 0.2) is 12.1 Å². The summed E-state index contributed by atoms with van der Waals surface area (Å²) in [5.41, 5.74) is 0.372. The van der Waals surface area contributed by atoms with Crippen LogP contribution in [0.1, 0.15) is 18.4 Å². The normalized spacial score (nSPS) is 11.5. The molecule has 0 unspecified atom stereocenters. The van der Waals surface area contributed by atoms with E-state index in [1.54, 1.807) is 0 Å². The van der Waals surface area contributed by atoms with E-state index in [2.05, 4.69) is 0 Å². The van der Waals surface area contributed by atoms with Crippen LogP contribution in [0.5, 0.6) is 11.5 Å². The fourth-order valence-electron chi connectivity index (χ4n) is 1.50. The lowest BCUT2D eigenvalue weighted by Crippen LogP contribution is -2.10. The smallest absolute Gasteiger partial charge is 0.389 e. The SMILES string of the molecule is COc1cc(Cl)cc(CO)c1OCCCC(F)(F)F. The lowest BCUT2D eigenvalue weighted by atomic mass is 10.2. The molecule has 0 heterocycles. The fourth-order valence-corrected chi connectivity index (χ4v) is 1.73. The van der Waals surface area contributed by atoms with E-state index in [1.807, 2.05) is 0 Å². The van der Waals surface area contributed by atoms with E-state index < -0.39 is 12.6 Å². The molecule has 1 N–H and O–H groups in total. The molecule has 0 bridgehead atoms. The maximum atomic E-state index is 12.0. The van der Waals surface area contributed by atoms with E-state index in [1.165, 1.54) is 19.2 Å². The summed E-state index contributed by atoms with van der Waals surface area (Å²) < 4.78 is 46.2. The van der Waals surface area contributed by atoms with Crippen molar-refractivity contribution < 1.29 is 27.8 Å². The van der Waals surface area contributed by atoms with Crippen LogP contribution >= 0.6 is 11.6 Å². The highest BCUT2D eigenvalue weighted by atomic mass is 35.5. The van der Waals surface area contributed by atoms with E-state index in [0.29, 0.717) is 10.6 Å². The van der Waals surface area contributed by atoms with Crippen LogP contribution in [0.3, 0.4) is 0 Å². The number of aliphatic hydroxyl groups excluding tert-OH is 1. The molecule has 19 heavy (non-hydrogen) atoms. The van der Waals surface area contributed by atoms with Crippen LogP contribution < -0.4 is 9.47 Å². The van der Waals surface area contributed by atoms with Gasteiger partial charge in [0.1, 0.15) is 0 Å². The Kier molecular flexibility index (Phi) is 5.75. The number of halogens is 4. The predicted octanol–water partition coefficient (Wildman–Crippen LogP) is 3.56. The molecule has 0 aliphatic carbocycles. The Balaban J connectivity index is 2.71. The second-order valence-corrected chi connectivity index (χ2v) is 4.26. The Morgan fingerprint density at radius 2 is 2.00 bits per heavy atom. The lowest BCUT2D eigenvalue weighted by Gasteiger charge is -2.15. The van der Waals surface area contributed by atoms with Crippen molar-refractivity contribution in [2.45, 2.75) is 25.6 Å². The molecule has 0 amide bonds. The van der Waals surface area contributed by atoms with Gasteiger partial charge in [0.25, 0.3) is 0 Å². The van der Waals surface area contributed by atoms with Crippen molar-refractivity contribution in [1.29, 1.82) is 0 Å². The van der Waals surface area contributed by atoms with Crippen molar-refractivity contribution in [1.82, 2.24) is 0 Å². The summed E-state index contributed by atoms with van der Waals surface area (Å²) in [4.78, 5) is 0. The molecule has 0 radical (unpaired) electrons. The number of rotatable bonds is 6. The van der Waals surface area contributed by atoms with Crippen LogP contribution in [0.2, 0.25) is 5.02 Å². The molecule has 0 saturated carbocycles. The Morgan fingerprint density at radius 1 is 1.32 bits per heavy atom. The molecule has 108 valence electrons. The zero-order valence-corrected chi connectivity index (χ0v) is 11.0. The van der Waals surface area contributed by atoms with Crippen LogP contribution in [0, 0.1) is 0 Å². The molecular formula is C12H14ClF3O3. The van der Waals surface area contributed by atoms with Gasteiger partial charge in [0.15, 0.2) is 11.5 Å². The highest BCUT2D eigenvalue weighted by molar-refractivity contribution is 6.30. The van der Waals surface area contributed by atoms with Gasteiger partial charge in [-0.1, -0.05) is 11.6 Å². The molecule has 0 fully saturated rings. The average molecular weight is 299 g/mol. The first-order chi connectivity index (χ1) is 8.87. The largest absolute Gasteiger partial charge is 0.493 e. The summed E-state index contributed by atoms with van der Waals surface area (Å²) in [6.07, 6.45) is -5.29. The van der Waals surface area contributed by atoms with Crippen LogP contribution in [0.4, 0.5) is 13.2 Å². The highest BCUT2D eigenvalue weighted by Crippen LogP contribution is 2.35. The first-order valence-electron chi connectivity index (χ1n) is 5.54. The second kappa shape index (κ2) is 6.86. The summed E-state index contributed by atoms with van der Waals surface area (Å²) in [6, 6.07) is 2.95. The van der Waals surface area contributed by atoms with Gasteiger partial charge in [0.05, 0.1) is 20.3 Å². The Hall–Kier alpha value is -1.14. The third kappa shape index (κ3) is 5.16. The Bertz CT molecular complexity index is 396. The van der Waals surface area contributed by atoms with Gasteiger partial charge >= 0.3 is 6.18 Å². The van der Waals surface area contributed by atoms with E-state index in [0.717, 1.165) is 0 Å². The van der Waals surface area contributed by atoms with Crippen molar-refractivity contribution in [2.24, 2.45) is 0 Å². The molecule has 0 aromatic heterocycles. The molecule has 1 aromatic carbocycles. The summed E-state index contributed by atoms with van der Waals surface area (Å²) in [5, 5.41) is 9.52. The minimum absolute atomic E-state index is 0.121. The summed E-state index contributed by atoms with van der Waals surface area (Å²) in [7, 11) is 1.38. The minimum atomic E-state index is -4.20. The van der Waals surface area contributed by atoms with E-state index in [9.17, 15) is 18.3 Å². The van der Waals surface area contributed by atoms with Crippen LogP contribution in [-0.4, -0.2) is 25.0 Å². The fraction of sp³-hybridized carbons (Fsp3) is 0.500. The number of hydrogen-bond donors (Lipinski definition) is 1. The van der Waals surface area contributed by atoms with Crippen LogP contribution in [0.25, 0.3) is 0 Å². The first-order valence-corrected chi connectivity index (χ1v) is 5.92. The van der Waals surface area contributed by atoms with Crippen LogP contribution in [-0.2, 0) is 6.61 Å². The third-order valence-electron chi connectivity index (χ3n) is 2.34. The highest BCUT2D eigenvalue weighted by Gasteiger charge is 2.26. The van der Waals surface area contributed by atoms with Gasteiger partial charge < -0.3 is 14.6 Å². The predicted molar refractivity (Wildman–Crippen MR) is 64.7 cm³/mol. The molecule has 7 heteroatoms. The number of ether oxygens (including phenoxy) is 2. The maximum Gasteiger partial charge on any atom is 0.389 e. The minimum Gasteiger partial charge on any atom is -0.493 e. The zero-order valence-electron chi connectivity index (χ0n) is 10.3. The summed E-state index contributed by atoms with van der Waals surface area (Å²) in [6.45, 7) is -0.462. The van der Waals surface area contributed by atoms with Gasteiger partial charge in [-0.25, -0.2) is 0 Å². The molecule has 3 nitrogen and oxygen atoms in total. The molecule has 0 aliphatic rings. The first kappa shape index (κ1) is 15.9. The lowest BCUT2D eigenvalue weighted by molar-refractivity contribution is -0.136. The van der Waals surface area contributed by atoms with Crippen molar-refractivity contribution in [3.8, 4) is 11.5 Å². The van der Waals surface area contributed by atoms with Gasteiger partial charge in [-0.15, -0.1) is 0 Å². The molecule has 1 rings (SSSR count). The van der Waals surface area contributed by atoms with E-state index >= 15 is 0 Å². The van der Waals surface area contributed by atoms with Crippen molar-refractivity contribution >= 4 is 11.6 Å². The van der Waals surface area contributed by atoms with Crippen molar-refractivity contribution in [3.05, 3.63) is 22.7 Å². The number of benzene rings is 1. The van der Waals surface area contributed by atoms with Gasteiger partial charge in [-0.05, 0) is 12.5 Å². The number of methoxy groups -OCH3 is 1. The Labute approximate surface area is 113 Å². The van der Waals surface area contributed by atoms with E-state index in [4.69, 9.17) is 21.1 Å². The molecule has 1 aromatic rings. The maximum absolute atomic E-state index is 12.0. The topological polar surface area (TPSA) is 38.7 Å². The average Bonchev–Trinajstić information content (AvgIpc) is 2.33. The molecule has 0 aliphatic heterocycles. The molecule has 0 spiro atoms. The monoisotopic (exact) mass is 298 g/mol. The standard InChI is InChI=1S/C12H14ClF3O3/c1-18-10-6-9(13)5-8(7-17)11(10)19-4-2-3-12(14,15)16/h5-6,17H,2-4,7H2,1H3. The molecule has 0 atom stereocenters. The van der Waals surface area contributed by atoms with E-state index in [-0.39, 0.29) is 31.1 Å². The number of aliphatic hydroxyl groups is 1. The van der Waals surface area contributed by atoms with Crippen molar-refractivity contribution in [2.75, 3.05) is 13.7 Å². The van der Waals surface area contributed by atoms with Gasteiger partial charge in [0.2, 0.25) is 0 Å². The van der Waals surface area contributed by atoms with Crippen molar-refractivity contribution in [3.63, 3.8) is 0 Å². The van der Waals surface area contributed by atoms with Gasteiger partial charge in [-0.3, -0.25) is 0 Å². The quantitative estimate of drug-likeness (QED) is 0.816. The summed E-state index contributed by atoms with van der Waals surface area (Å²) >= 11 is 5.81. The molecular weight excluding hydrogens is 285 g/mol. The zero-order chi connectivity index (χ0) is 14.5. The molecule has 0 saturated heterocycles. The number of hydrogen-bond acceptors (Lipinski definition) is 3. The van der Waals surface area contributed by atoms with Gasteiger partial charge in [-0.2, -0.15) is 13.2 Å².